The maximum absolute atomic E-state index is 10.6. The molecule has 1 aliphatic rings. The van der Waals surface area contributed by atoms with Crippen molar-refractivity contribution in [2.45, 2.75) is 5.72 Å². The zero-order chi connectivity index (χ0) is 10.9. The van der Waals surface area contributed by atoms with Crippen LogP contribution in [-0.4, -0.2) is 39.8 Å². The number of nitrogens with zero attached hydrogens (tertiary/aromatic N) is 1. The fourth-order valence-electron chi connectivity index (χ4n) is 0.814. The standard InChI is InChI=1S/C5H6N4O5/c6-3(12)7-1-5(14,2(10)11)9-4(13)8-1/h14H,(H,10,11)(H4,6,7,8,9,12,13). The van der Waals surface area contributed by atoms with Crippen LogP contribution in [0, 0.1) is 0 Å². The zero-order valence-corrected chi connectivity index (χ0v) is 6.64. The van der Waals surface area contributed by atoms with Crippen molar-refractivity contribution in [1.82, 2.24) is 10.6 Å². The molecule has 0 radical (unpaired) electrons. The lowest BCUT2D eigenvalue weighted by atomic mass is 10.2. The molecule has 0 bridgehead atoms. The van der Waals surface area contributed by atoms with Crippen LogP contribution in [0.25, 0.3) is 0 Å². The number of hydrogen-bond donors (Lipinski definition) is 5. The van der Waals surface area contributed by atoms with Gasteiger partial charge in [0.1, 0.15) is 0 Å². The van der Waals surface area contributed by atoms with Gasteiger partial charge in [0.05, 0.1) is 0 Å². The van der Waals surface area contributed by atoms with Crippen molar-refractivity contribution in [2.24, 2.45) is 10.7 Å². The summed E-state index contributed by atoms with van der Waals surface area (Å²) in [5.74, 6) is -2.54. The number of carbonyl (C=O) groups excluding carboxylic acids is 2. The van der Waals surface area contributed by atoms with Gasteiger partial charge in [-0.2, -0.15) is 4.99 Å². The summed E-state index contributed by atoms with van der Waals surface area (Å²) in [6, 6.07) is -2.22. The van der Waals surface area contributed by atoms with Crippen LogP contribution in [0.3, 0.4) is 0 Å². The summed E-state index contributed by atoms with van der Waals surface area (Å²) in [5.41, 5.74) is 1.93. The number of carbonyl (C=O) groups is 3. The first-order valence-corrected chi connectivity index (χ1v) is 3.30. The van der Waals surface area contributed by atoms with Crippen molar-refractivity contribution >= 4 is 23.9 Å². The minimum atomic E-state index is -2.73. The second-order valence-electron chi connectivity index (χ2n) is 2.40. The van der Waals surface area contributed by atoms with Gasteiger partial charge in [-0.25, -0.2) is 14.4 Å². The summed E-state index contributed by atoms with van der Waals surface area (Å²) in [4.78, 5) is 34.6. The minimum absolute atomic E-state index is 0.762. The average molecular weight is 202 g/mol. The van der Waals surface area contributed by atoms with Crippen LogP contribution in [0.1, 0.15) is 0 Å². The number of primary amides is 1. The first-order valence-electron chi connectivity index (χ1n) is 3.30. The summed E-state index contributed by atoms with van der Waals surface area (Å²) >= 11 is 0. The molecule has 0 aliphatic carbocycles. The Kier molecular flexibility index (Phi) is 2.10. The Hall–Kier alpha value is -2.16. The van der Waals surface area contributed by atoms with Gasteiger partial charge in [-0.1, -0.05) is 0 Å². The molecule has 9 nitrogen and oxygen atoms in total. The number of amidine groups is 1. The van der Waals surface area contributed by atoms with Crippen LogP contribution in [0.5, 0.6) is 0 Å². The normalized spacial score (nSPS) is 25.2. The van der Waals surface area contributed by atoms with Gasteiger partial charge >= 0.3 is 18.0 Å². The maximum atomic E-state index is 10.6. The third kappa shape index (κ3) is 1.47. The van der Waals surface area contributed by atoms with E-state index in [9.17, 15) is 19.5 Å². The second-order valence-corrected chi connectivity index (χ2v) is 2.40. The molecule has 0 aromatic carbocycles. The van der Waals surface area contributed by atoms with Gasteiger partial charge in [-0.05, 0) is 0 Å². The molecule has 6 N–H and O–H groups in total. The van der Waals surface area contributed by atoms with Gasteiger partial charge in [0, 0.05) is 0 Å². The molecular weight excluding hydrogens is 196 g/mol. The summed E-state index contributed by atoms with van der Waals surface area (Å²) < 4.78 is 0. The van der Waals surface area contributed by atoms with Gasteiger partial charge in [-0.3, -0.25) is 10.6 Å². The fraction of sp³-hybridized carbons (Fsp3) is 0.200. The number of carboxylic acid groups (broad SMARTS) is 1. The quantitative estimate of drug-likeness (QED) is 0.319. The van der Waals surface area contributed by atoms with E-state index in [4.69, 9.17) is 5.11 Å². The van der Waals surface area contributed by atoms with Crippen molar-refractivity contribution in [2.75, 3.05) is 0 Å². The maximum Gasteiger partial charge on any atom is 0.365 e. The SMILES string of the molecule is NC(=O)NC1=NC(=O)NC1(O)C(=O)O. The molecule has 76 valence electrons. The first-order chi connectivity index (χ1) is 6.36. The first kappa shape index (κ1) is 9.92. The Balaban J connectivity index is 3.00. The van der Waals surface area contributed by atoms with E-state index in [-0.39, 0.29) is 0 Å². The summed E-state index contributed by atoms with van der Waals surface area (Å²) in [5, 5.41) is 21.2. The number of nitrogens with two attached hydrogens (primary N) is 1. The van der Waals surface area contributed by atoms with Gasteiger partial charge in [0.2, 0.25) is 0 Å². The van der Waals surface area contributed by atoms with Gasteiger partial charge in [0.25, 0.3) is 5.72 Å². The Labute approximate surface area is 76.6 Å². The smallest absolute Gasteiger partial charge is 0.365 e. The van der Waals surface area contributed by atoms with Crippen LogP contribution >= 0.6 is 0 Å². The number of nitrogens with one attached hydrogen (secondary N) is 2. The topological polar surface area (TPSA) is 154 Å². The van der Waals surface area contributed by atoms with Crippen LogP contribution in [0.15, 0.2) is 4.99 Å². The van der Waals surface area contributed by atoms with E-state index in [1.807, 2.05) is 0 Å². The highest BCUT2D eigenvalue weighted by Gasteiger charge is 2.49. The number of amides is 4. The lowest BCUT2D eigenvalue weighted by molar-refractivity contribution is -0.152. The molecule has 0 aromatic rings. The molecule has 9 heteroatoms. The van der Waals surface area contributed by atoms with E-state index in [1.165, 1.54) is 0 Å². The summed E-state index contributed by atoms with van der Waals surface area (Å²) in [7, 11) is 0. The van der Waals surface area contributed by atoms with E-state index in [2.05, 4.69) is 10.7 Å². The molecule has 0 aromatic heterocycles. The molecule has 1 heterocycles. The molecule has 14 heavy (non-hydrogen) atoms. The third-order valence-corrected chi connectivity index (χ3v) is 1.39. The largest absolute Gasteiger partial charge is 0.477 e. The highest BCUT2D eigenvalue weighted by molar-refractivity contribution is 6.20. The molecule has 0 spiro atoms. The third-order valence-electron chi connectivity index (χ3n) is 1.39. The summed E-state index contributed by atoms with van der Waals surface area (Å²) in [6.07, 6.45) is 0. The van der Waals surface area contributed by atoms with Gasteiger partial charge in [-0.15, -0.1) is 0 Å². The molecule has 1 rings (SSSR count). The highest BCUT2D eigenvalue weighted by Crippen LogP contribution is 2.09. The number of rotatable bonds is 1. The van der Waals surface area contributed by atoms with Crippen LogP contribution in [0.2, 0.25) is 0 Å². The monoisotopic (exact) mass is 202 g/mol. The molecule has 4 amide bonds. The van der Waals surface area contributed by atoms with E-state index in [1.54, 1.807) is 10.6 Å². The number of aliphatic carboxylic acids is 1. The van der Waals surface area contributed by atoms with Crippen LogP contribution < -0.4 is 16.4 Å². The average Bonchev–Trinajstić information content (AvgIpc) is 2.26. The van der Waals surface area contributed by atoms with Crippen molar-refractivity contribution < 1.29 is 24.6 Å². The Bertz CT molecular complexity index is 350. The predicted molar refractivity (Wildman–Crippen MR) is 41.3 cm³/mol. The summed E-state index contributed by atoms with van der Waals surface area (Å²) in [6.45, 7) is 0. The van der Waals surface area contributed by atoms with E-state index < -0.39 is 29.6 Å². The van der Waals surface area contributed by atoms with Crippen molar-refractivity contribution in [3.8, 4) is 0 Å². The van der Waals surface area contributed by atoms with Crippen LogP contribution in [0.4, 0.5) is 9.59 Å². The van der Waals surface area contributed by atoms with Crippen molar-refractivity contribution in [3.63, 3.8) is 0 Å². The molecule has 1 unspecified atom stereocenters. The number of carboxylic acids is 1. The lowest BCUT2D eigenvalue weighted by Crippen LogP contribution is -2.60. The van der Waals surface area contributed by atoms with Crippen molar-refractivity contribution in [1.29, 1.82) is 0 Å². The predicted octanol–water partition coefficient (Wildman–Crippen LogP) is -2.45. The number of aliphatic hydroxyl groups is 1. The molecule has 1 aliphatic heterocycles. The van der Waals surface area contributed by atoms with E-state index >= 15 is 0 Å². The molecular formula is C5H6N4O5. The number of aliphatic imine (C=N–C) groups is 1. The van der Waals surface area contributed by atoms with Gasteiger partial charge < -0.3 is 15.9 Å². The Morgan fingerprint density at radius 2 is 2.14 bits per heavy atom. The Morgan fingerprint density at radius 3 is 2.57 bits per heavy atom. The highest BCUT2D eigenvalue weighted by atomic mass is 16.4. The van der Waals surface area contributed by atoms with Gasteiger partial charge in [0.15, 0.2) is 5.84 Å². The number of urea groups is 2. The van der Waals surface area contributed by atoms with E-state index in [0.717, 1.165) is 0 Å². The van der Waals surface area contributed by atoms with Crippen LogP contribution in [-0.2, 0) is 4.79 Å². The number of hydrogen-bond acceptors (Lipinski definition) is 4. The zero-order valence-electron chi connectivity index (χ0n) is 6.64. The lowest BCUT2D eigenvalue weighted by Gasteiger charge is -2.18. The Morgan fingerprint density at radius 1 is 1.57 bits per heavy atom. The molecule has 0 saturated heterocycles. The second kappa shape index (κ2) is 2.96. The fourth-order valence-corrected chi connectivity index (χ4v) is 0.814. The molecule has 0 fully saturated rings. The molecule has 1 atom stereocenters. The molecule has 0 saturated carbocycles. The van der Waals surface area contributed by atoms with E-state index in [0.29, 0.717) is 0 Å². The van der Waals surface area contributed by atoms with Crippen molar-refractivity contribution in [3.05, 3.63) is 0 Å². The minimum Gasteiger partial charge on any atom is -0.477 e.